The van der Waals surface area contributed by atoms with E-state index in [4.69, 9.17) is 5.26 Å². The molecule has 0 spiro atoms. The number of aromatic nitrogens is 2. The fourth-order valence-electron chi connectivity index (χ4n) is 2.22. The lowest BCUT2D eigenvalue weighted by Gasteiger charge is -2.20. The van der Waals surface area contributed by atoms with Crippen molar-refractivity contribution < 1.29 is 0 Å². The maximum atomic E-state index is 8.93. The number of hydrogen-bond acceptors (Lipinski definition) is 4. The SMILES string of the molecule is CN(c1cc(C#N)ncn1)c1cccc2ccccc12. The molecule has 0 bridgehead atoms. The Labute approximate surface area is 116 Å². The first-order chi connectivity index (χ1) is 9.79. The van der Waals surface area contributed by atoms with Crippen LogP contribution in [-0.2, 0) is 0 Å². The topological polar surface area (TPSA) is 52.8 Å². The van der Waals surface area contributed by atoms with E-state index in [-0.39, 0.29) is 0 Å². The molecule has 20 heavy (non-hydrogen) atoms. The normalized spacial score (nSPS) is 10.2. The third-order valence-corrected chi connectivity index (χ3v) is 3.24. The molecule has 0 amide bonds. The molecule has 4 nitrogen and oxygen atoms in total. The van der Waals surface area contributed by atoms with E-state index in [1.165, 1.54) is 11.7 Å². The Morgan fingerprint density at radius 3 is 2.70 bits per heavy atom. The molecule has 1 heterocycles. The van der Waals surface area contributed by atoms with Crippen molar-refractivity contribution in [3.05, 3.63) is 60.6 Å². The van der Waals surface area contributed by atoms with Crippen LogP contribution in [0.25, 0.3) is 10.8 Å². The monoisotopic (exact) mass is 260 g/mol. The second-order valence-electron chi connectivity index (χ2n) is 4.43. The van der Waals surface area contributed by atoms with Crippen molar-refractivity contribution >= 4 is 22.3 Å². The molecular formula is C16H12N4. The van der Waals surface area contributed by atoms with Crippen LogP contribution in [0.2, 0.25) is 0 Å². The number of hydrogen-bond donors (Lipinski definition) is 0. The average molecular weight is 260 g/mol. The van der Waals surface area contributed by atoms with Crippen molar-refractivity contribution in [3.63, 3.8) is 0 Å². The van der Waals surface area contributed by atoms with E-state index in [1.54, 1.807) is 6.07 Å². The van der Waals surface area contributed by atoms with Gasteiger partial charge in [0, 0.05) is 24.2 Å². The van der Waals surface area contributed by atoms with Crippen LogP contribution in [0.3, 0.4) is 0 Å². The first-order valence-corrected chi connectivity index (χ1v) is 6.23. The van der Waals surface area contributed by atoms with Crippen molar-refractivity contribution in [1.82, 2.24) is 9.97 Å². The van der Waals surface area contributed by atoms with Gasteiger partial charge < -0.3 is 4.90 Å². The number of nitriles is 1. The van der Waals surface area contributed by atoms with Gasteiger partial charge in [0.2, 0.25) is 0 Å². The number of fused-ring (bicyclic) bond motifs is 1. The Morgan fingerprint density at radius 2 is 1.85 bits per heavy atom. The molecule has 0 aliphatic heterocycles. The highest BCUT2D eigenvalue weighted by molar-refractivity contribution is 5.95. The van der Waals surface area contributed by atoms with Gasteiger partial charge >= 0.3 is 0 Å². The van der Waals surface area contributed by atoms with Crippen LogP contribution in [0.5, 0.6) is 0 Å². The number of benzene rings is 2. The lowest BCUT2D eigenvalue weighted by molar-refractivity contribution is 1.07. The fourth-order valence-corrected chi connectivity index (χ4v) is 2.22. The first kappa shape index (κ1) is 12.1. The second-order valence-corrected chi connectivity index (χ2v) is 4.43. The van der Waals surface area contributed by atoms with Crippen LogP contribution in [0.15, 0.2) is 54.9 Å². The smallest absolute Gasteiger partial charge is 0.145 e. The van der Waals surface area contributed by atoms with Gasteiger partial charge in [-0.3, -0.25) is 0 Å². The molecule has 0 radical (unpaired) electrons. The predicted octanol–water partition coefficient (Wildman–Crippen LogP) is 3.27. The van der Waals surface area contributed by atoms with Crippen molar-refractivity contribution in [2.45, 2.75) is 0 Å². The maximum Gasteiger partial charge on any atom is 0.145 e. The molecule has 2 aromatic carbocycles. The zero-order chi connectivity index (χ0) is 13.9. The largest absolute Gasteiger partial charge is 0.329 e. The molecule has 0 saturated heterocycles. The zero-order valence-corrected chi connectivity index (χ0v) is 11.0. The predicted molar refractivity (Wildman–Crippen MR) is 78.8 cm³/mol. The van der Waals surface area contributed by atoms with Crippen LogP contribution in [-0.4, -0.2) is 17.0 Å². The Morgan fingerprint density at radius 1 is 1.05 bits per heavy atom. The Balaban J connectivity index is 2.13. The minimum absolute atomic E-state index is 0.363. The van der Waals surface area contributed by atoms with Gasteiger partial charge in [0.15, 0.2) is 0 Å². The highest BCUT2D eigenvalue weighted by Crippen LogP contribution is 2.29. The Bertz CT molecular complexity index is 799. The Kier molecular flexibility index (Phi) is 3.02. The molecule has 96 valence electrons. The van der Waals surface area contributed by atoms with Gasteiger partial charge in [-0.05, 0) is 11.5 Å². The zero-order valence-electron chi connectivity index (χ0n) is 11.0. The van der Waals surface area contributed by atoms with Crippen molar-refractivity contribution in [3.8, 4) is 6.07 Å². The van der Waals surface area contributed by atoms with Gasteiger partial charge in [-0.2, -0.15) is 5.26 Å². The number of nitrogens with zero attached hydrogens (tertiary/aromatic N) is 4. The molecule has 0 saturated carbocycles. The lowest BCUT2D eigenvalue weighted by Crippen LogP contribution is -2.12. The standard InChI is InChI=1S/C16H12N4/c1-20(16-9-13(10-17)18-11-19-16)15-8-4-6-12-5-2-3-7-14(12)15/h2-9,11H,1H3. The summed E-state index contributed by atoms with van der Waals surface area (Å²) in [7, 11) is 1.94. The number of rotatable bonds is 2. The Hall–Kier alpha value is -2.93. The molecule has 3 rings (SSSR count). The summed E-state index contributed by atoms with van der Waals surface area (Å²) in [5.74, 6) is 0.702. The number of anilines is 2. The molecule has 1 aromatic heterocycles. The summed E-state index contributed by atoms with van der Waals surface area (Å²) in [6.07, 6.45) is 1.41. The van der Waals surface area contributed by atoms with E-state index in [2.05, 4.69) is 28.2 Å². The highest BCUT2D eigenvalue weighted by Gasteiger charge is 2.09. The van der Waals surface area contributed by atoms with E-state index >= 15 is 0 Å². The van der Waals surface area contributed by atoms with Crippen LogP contribution in [0, 0.1) is 11.3 Å². The van der Waals surface area contributed by atoms with Crippen molar-refractivity contribution in [2.24, 2.45) is 0 Å². The summed E-state index contributed by atoms with van der Waals surface area (Å²) < 4.78 is 0. The van der Waals surface area contributed by atoms with Crippen LogP contribution < -0.4 is 4.90 Å². The summed E-state index contributed by atoms with van der Waals surface area (Å²) in [6, 6.07) is 18.0. The minimum atomic E-state index is 0.363. The van der Waals surface area contributed by atoms with Crippen LogP contribution in [0.1, 0.15) is 5.69 Å². The quantitative estimate of drug-likeness (QED) is 0.709. The third-order valence-electron chi connectivity index (χ3n) is 3.24. The molecule has 0 atom stereocenters. The average Bonchev–Trinajstić information content (AvgIpc) is 2.53. The van der Waals surface area contributed by atoms with Gasteiger partial charge in [-0.15, -0.1) is 0 Å². The highest BCUT2D eigenvalue weighted by atomic mass is 15.2. The van der Waals surface area contributed by atoms with E-state index in [0.717, 1.165) is 11.1 Å². The van der Waals surface area contributed by atoms with Gasteiger partial charge in [0.1, 0.15) is 23.9 Å². The van der Waals surface area contributed by atoms with Crippen LogP contribution >= 0.6 is 0 Å². The molecule has 0 N–H and O–H groups in total. The second kappa shape index (κ2) is 4.98. The summed E-state index contributed by atoms with van der Waals surface area (Å²) in [5.41, 5.74) is 1.41. The summed E-state index contributed by atoms with van der Waals surface area (Å²) in [4.78, 5) is 10.1. The van der Waals surface area contributed by atoms with Crippen molar-refractivity contribution in [2.75, 3.05) is 11.9 Å². The van der Waals surface area contributed by atoms with E-state index in [0.29, 0.717) is 11.5 Å². The molecular weight excluding hydrogens is 248 g/mol. The summed E-state index contributed by atoms with van der Waals surface area (Å²) >= 11 is 0. The van der Waals surface area contributed by atoms with Crippen molar-refractivity contribution in [1.29, 1.82) is 5.26 Å². The third kappa shape index (κ3) is 2.06. The molecule has 4 heteroatoms. The van der Waals surface area contributed by atoms with E-state index in [1.807, 2.05) is 42.3 Å². The van der Waals surface area contributed by atoms with E-state index < -0.39 is 0 Å². The maximum absolute atomic E-state index is 8.93. The fraction of sp³-hybridized carbons (Fsp3) is 0.0625. The van der Waals surface area contributed by atoms with Gasteiger partial charge in [0.25, 0.3) is 0 Å². The summed E-state index contributed by atoms with van der Waals surface area (Å²) in [6.45, 7) is 0. The molecule has 0 unspecified atom stereocenters. The van der Waals surface area contributed by atoms with Gasteiger partial charge in [-0.25, -0.2) is 9.97 Å². The van der Waals surface area contributed by atoms with Gasteiger partial charge in [0.05, 0.1) is 0 Å². The molecule has 0 fully saturated rings. The molecule has 3 aromatic rings. The summed E-state index contributed by atoms with van der Waals surface area (Å²) in [5, 5.41) is 11.2. The van der Waals surface area contributed by atoms with E-state index in [9.17, 15) is 0 Å². The molecule has 0 aliphatic carbocycles. The van der Waals surface area contributed by atoms with Crippen LogP contribution in [0.4, 0.5) is 11.5 Å². The van der Waals surface area contributed by atoms with Gasteiger partial charge in [-0.1, -0.05) is 36.4 Å². The first-order valence-electron chi connectivity index (χ1n) is 6.23. The molecule has 0 aliphatic rings. The minimum Gasteiger partial charge on any atom is -0.329 e. The lowest BCUT2D eigenvalue weighted by atomic mass is 10.1.